The molecular weight excluding hydrogens is 527 g/mol. The molecular formula is C24H33BMoN6O3. The van der Waals surface area contributed by atoms with Gasteiger partial charge in [-0.25, -0.2) is 15.3 Å². The number of aliphatic hydroxyl groups is 1. The Hall–Kier alpha value is -2.66. The Balaban J connectivity index is 0.000000753. The van der Waals surface area contributed by atoms with Crippen molar-refractivity contribution in [2.24, 2.45) is 0 Å². The molecule has 3 aromatic heterocycles. The average Bonchev–Trinajstić information content (AvgIpc) is 3.42. The van der Waals surface area contributed by atoms with Crippen molar-refractivity contribution in [2.75, 3.05) is 0 Å². The van der Waals surface area contributed by atoms with E-state index in [1.54, 1.807) is 32.2 Å². The van der Waals surface area contributed by atoms with Crippen LogP contribution in [0.1, 0.15) is 54.4 Å². The monoisotopic (exact) mass is 562 g/mol. The zero-order chi connectivity index (χ0) is 27.3. The van der Waals surface area contributed by atoms with Gasteiger partial charge in [0.25, 0.3) is 0 Å². The van der Waals surface area contributed by atoms with E-state index in [0.717, 1.165) is 34.2 Å². The molecule has 0 saturated carbocycles. The third-order valence-corrected chi connectivity index (χ3v) is 5.42. The van der Waals surface area contributed by atoms with Crippen LogP contribution >= 0.6 is 0 Å². The standard InChI is InChI=1S/C15H22BN6.C7H11O.2CO.Mo/c1-10-7-13(4)20(17-10)16(21-14(5)8-11(2)18-21)22-15(6)9-12(3)19-22;1-4-6-7(3,8)5-2;2*1-2;/h7-9,16H,1-6H3;4,6,8H,5H2,1,3H3;;;/q-1;;;;+1/b;6-4+;;;. The van der Waals surface area contributed by atoms with Gasteiger partial charge < -0.3 is 13.8 Å². The van der Waals surface area contributed by atoms with Crippen molar-refractivity contribution in [3.8, 4) is 4.20 Å². The molecule has 0 aromatic carbocycles. The first kappa shape index (κ1) is 32.3. The van der Waals surface area contributed by atoms with Crippen LogP contribution in [0.4, 0.5) is 0 Å². The molecule has 186 valence electrons. The Bertz CT molecular complexity index is 1080. The normalized spacial score (nSPS) is 11.8. The maximum atomic E-state index is 9.37. The third kappa shape index (κ3) is 9.48. The van der Waals surface area contributed by atoms with Gasteiger partial charge in [-0.15, -0.1) is 0 Å². The van der Waals surface area contributed by atoms with Crippen molar-refractivity contribution in [3.63, 3.8) is 0 Å². The molecule has 3 rings (SSSR count). The SMILES string of the molecule is C/C=C/C(C)(O)C[C]#[Mo+].Cc1cc(C)n([BH-](n2nc(C)cc2C)n2nc(C)cc2C)n1.[C-]#[O+].[C-]#[O+]. The summed E-state index contributed by atoms with van der Waals surface area (Å²) in [6.07, 6.45) is 4.21. The van der Waals surface area contributed by atoms with Crippen molar-refractivity contribution in [1.29, 1.82) is 0 Å². The summed E-state index contributed by atoms with van der Waals surface area (Å²) in [4.78, 5) is 0. The maximum absolute atomic E-state index is 9.37. The van der Waals surface area contributed by atoms with E-state index in [9.17, 15) is 5.11 Å². The molecule has 1 N–H and O–H groups in total. The number of hydrogen-bond donors (Lipinski definition) is 1. The number of nitrogens with zero attached hydrogens (tertiary/aromatic N) is 6. The second-order valence-electron chi connectivity index (χ2n) is 8.38. The van der Waals surface area contributed by atoms with E-state index >= 15 is 0 Å². The fraction of sp³-hybridized carbons (Fsp3) is 0.417. The molecule has 3 heterocycles. The van der Waals surface area contributed by atoms with Crippen molar-refractivity contribution in [3.05, 3.63) is 77.8 Å². The Morgan fingerprint density at radius 2 is 1.20 bits per heavy atom. The summed E-state index contributed by atoms with van der Waals surface area (Å²) in [6.45, 7) is 25.0. The van der Waals surface area contributed by atoms with Crippen LogP contribution in [-0.4, -0.2) is 46.9 Å². The quantitative estimate of drug-likeness (QED) is 0.224. The Morgan fingerprint density at radius 1 is 0.886 bits per heavy atom. The summed E-state index contributed by atoms with van der Waals surface area (Å²) in [5.74, 6) is 0. The van der Waals surface area contributed by atoms with Gasteiger partial charge in [0.15, 0.2) is 0 Å². The number of hydrogen-bond acceptors (Lipinski definition) is 4. The molecule has 0 fully saturated rings. The van der Waals surface area contributed by atoms with Crippen LogP contribution in [0.5, 0.6) is 0 Å². The summed E-state index contributed by atoms with van der Waals surface area (Å²) in [5, 5.41) is 23.5. The number of aromatic nitrogens is 6. The first-order valence-electron chi connectivity index (χ1n) is 10.9. The van der Waals surface area contributed by atoms with Crippen LogP contribution in [0.25, 0.3) is 0 Å². The summed E-state index contributed by atoms with van der Waals surface area (Å²) >= 11 is 1.75. The second-order valence-corrected chi connectivity index (χ2v) is 9.09. The zero-order valence-corrected chi connectivity index (χ0v) is 23.7. The Kier molecular flexibility index (Phi) is 14.2. The van der Waals surface area contributed by atoms with E-state index in [2.05, 4.69) is 70.3 Å². The van der Waals surface area contributed by atoms with Crippen LogP contribution in [0.3, 0.4) is 0 Å². The second kappa shape index (κ2) is 15.4. The molecule has 0 amide bonds. The van der Waals surface area contributed by atoms with Crippen molar-refractivity contribution < 1.29 is 33.6 Å². The van der Waals surface area contributed by atoms with Gasteiger partial charge in [-0.1, -0.05) is 0 Å². The molecule has 0 bridgehead atoms. The molecule has 0 aliphatic heterocycles. The molecule has 11 heteroatoms. The fourth-order valence-corrected chi connectivity index (χ4v) is 4.55. The molecule has 0 aliphatic rings. The Labute approximate surface area is 218 Å². The molecule has 3 aromatic rings. The molecule has 1 atom stereocenters. The van der Waals surface area contributed by atoms with Gasteiger partial charge >= 0.3 is 96.2 Å². The van der Waals surface area contributed by atoms with Gasteiger partial charge in [0, 0.05) is 0 Å². The van der Waals surface area contributed by atoms with Crippen molar-refractivity contribution in [2.45, 2.75) is 67.4 Å². The molecule has 0 spiro atoms. The average molecular weight is 560 g/mol. The third-order valence-electron chi connectivity index (χ3n) is 5.07. The molecule has 35 heavy (non-hydrogen) atoms. The van der Waals surface area contributed by atoms with Crippen LogP contribution in [0.15, 0.2) is 30.4 Å². The minimum absolute atomic E-state index is 0.599. The number of aryl methyl sites for hydroxylation is 6. The van der Waals surface area contributed by atoms with E-state index in [0.29, 0.717) is 6.42 Å². The summed E-state index contributed by atoms with van der Waals surface area (Å²) in [6, 6.07) is 6.28. The Morgan fingerprint density at radius 3 is 1.40 bits per heavy atom. The van der Waals surface area contributed by atoms with Gasteiger partial charge in [0.05, 0.1) is 17.1 Å². The van der Waals surface area contributed by atoms with E-state index in [1.807, 2.05) is 33.8 Å². The van der Waals surface area contributed by atoms with Gasteiger partial charge in [-0.3, -0.25) is 0 Å². The predicted octanol–water partition coefficient (Wildman–Crippen LogP) is 2.92. The van der Waals surface area contributed by atoms with Crippen molar-refractivity contribution >= 4 is 7.12 Å². The first-order valence-corrected chi connectivity index (χ1v) is 11.9. The first-order chi connectivity index (χ1) is 16.5. The van der Waals surface area contributed by atoms with Gasteiger partial charge in [0.1, 0.15) is 0 Å². The zero-order valence-electron chi connectivity index (χ0n) is 21.7. The van der Waals surface area contributed by atoms with Crippen LogP contribution in [0.2, 0.25) is 0 Å². The van der Waals surface area contributed by atoms with Gasteiger partial charge in [-0.05, 0) is 76.8 Å². The van der Waals surface area contributed by atoms with Gasteiger partial charge in [0.2, 0.25) is 0 Å². The molecule has 0 saturated heterocycles. The van der Waals surface area contributed by atoms with E-state index in [4.69, 9.17) is 24.6 Å². The molecule has 0 radical (unpaired) electrons. The van der Waals surface area contributed by atoms with Crippen molar-refractivity contribution in [1.82, 2.24) is 29.1 Å². The predicted molar refractivity (Wildman–Crippen MR) is 130 cm³/mol. The number of rotatable bonds is 5. The summed E-state index contributed by atoms with van der Waals surface area (Å²) in [5.41, 5.74) is 5.72. The minimum atomic E-state index is -1.26. The fourth-order valence-electron chi connectivity index (χ4n) is 3.83. The van der Waals surface area contributed by atoms with E-state index in [-0.39, 0.29) is 0 Å². The molecule has 0 aliphatic carbocycles. The summed E-state index contributed by atoms with van der Waals surface area (Å²) < 4.78 is 24.1. The summed E-state index contributed by atoms with van der Waals surface area (Å²) in [7, 11) is -1.26. The molecule has 1 unspecified atom stereocenters. The van der Waals surface area contributed by atoms with E-state index in [1.165, 1.54) is 0 Å². The molecule has 9 nitrogen and oxygen atoms in total. The number of allylic oxidation sites excluding steroid dienone is 1. The van der Waals surface area contributed by atoms with Crippen LogP contribution in [0, 0.1) is 59.0 Å². The van der Waals surface area contributed by atoms with Gasteiger partial charge in [-0.2, -0.15) is 0 Å². The van der Waals surface area contributed by atoms with E-state index < -0.39 is 12.7 Å². The topological polar surface area (TPSA) is 113 Å². The van der Waals surface area contributed by atoms with Crippen LogP contribution < -0.4 is 0 Å². The van der Waals surface area contributed by atoms with Crippen LogP contribution in [-0.2, 0) is 28.5 Å².